The Balaban J connectivity index is 2.05. The van der Waals surface area contributed by atoms with E-state index in [4.69, 9.17) is 4.74 Å². The highest BCUT2D eigenvalue weighted by molar-refractivity contribution is 7.91. The van der Waals surface area contributed by atoms with Crippen molar-refractivity contribution in [2.45, 2.75) is 39.3 Å². The molecular weight excluding hydrogens is 349 g/mol. The Labute approximate surface area is 146 Å². The van der Waals surface area contributed by atoms with Crippen LogP contribution >= 0.6 is 0 Å². The maximum atomic E-state index is 13.6. The second-order valence-electron chi connectivity index (χ2n) is 6.19. The Bertz CT molecular complexity index is 777. The Hall–Kier alpha value is -1.96. The summed E-state index contributed by atoms with van der Waals surface area (Å²) in [5, 5.41) is 0. The van der Waals surface area contributed by atoms with Crippen LogP contribution in [-0.4, -0.2) is 55.4 Å². The van der Waals surface area contributed by atoms with Crippen molar-refractivity contribution >= 4 is 21.7 Å². The predicted octanol–water partition coefficient (Wildman–Crippen LogP) is 1.72. The summed E-state index contributed by atoms with van der Waals surface area (Å²) in [6.45, 7) is 5.06. The fourth-order valence-corrected chi connectivity index (χ4v) is 4.58. The zero-order valence-electron chi connectivity index (χ0n) is 14.5. The van der Waals surface area contributed by atoms with Gasteiger partial charge in [-0.25, -0.2) is 17.6 Å². The molecule has 6 nitrogen and oxygen atoms in total. The second kappa shape index (κ2) is 7.51. The summed E-state index contributed by atoms with van der Waals surface area (Å²) in [6, 6.07) is 3.55. The van der Waals surface area contributed by atoms with E-state index in [1.54, 1.807) is 13.8 Å². The van der Waals surface area contributed by atoms with Gasteiger partial charge in [-0.2, -0.15) is 0 Å². The lowest BCUT2D eigenvalue weighted by molar-refractivity contribution is -0.141. The summed E-state index contributed by atoms with van der Waals surface area (Å²) in [4.78, 5) is 26.1. The lowest BCUT2D eigenvalue weighted by Gasteiger charge is -2.29. The summed E-state index contributed by atoms with van der Waals surface area (Å²) in [7, 11) is -3.13. The molecule has 0 unspecified atom stereocenters. The van der Waals surface area contributed by atoms with Crippen molar-refractivity contribution in [1.29, 1.82) is 0 Å². The number of halogens is 1. The molecule has 1 aliphatic rings. The summed E-state index contributed by atoms with van der Waals surface area (Å²) in [5.41, 5.74) is 0.425. The van der Waals surface area contributed by atoms with Crippen LogP contribution in [0, 0.1) is 12.7 Å². The van der Waals surface area contributed by atoms with Gasteiger partial charge in [-0.15, -0.1) is 0 Å². The highest BCUT2D eigenvalue weighted by atomic mass is 32.2. The first-order chi connectivity index (χ1) is 11.6. The third-order valence-corrected chi connectivity index (χ3v) is 6.06. The molecule has 1 fully saturated rings. The number of esters is 1. The second-order valence-corrected chi connectivity index (χ2v) is 8.42. The van der Waals surface area contributed by atoms with Crippen molar-refractivity contribution in [2.75, 3.05) is 18.1 Å². The molecule has 0 radical (unpaired) electrons. The van der Waals surface area contributed by atoms with Gasteiger partial charge < -0.3 is 9.64 Å². The van der Waals surface area contributed by atoms with Crippen molar-refractivity contribution in [2.24, 2.45) is 0 Å². The van der Waals surface area contributed by atoms with E-state index < -0.39 is 39.7 Å². The quantitative estimate of drug-likeness (QED) is 0.736. The molecule has 2 atom stereocenters. The zero-order valence-corrected chi connectivity index (χ0v) is 15.3. The number of carbonyl (C=O) groups excluding carboxylic acids is 2. The van der Waals surface area contributed by atoms with Crippen LogP contribution in [0.15, 0.2) is 18.2 Å². The Morgan fingerprint density at radius 3 is 2.60 bits per heavy atom. The molecule has 0 spiro atoms. The van der Waals surface area contributed by atoms with Gasteiger partial charge in [0.2, 0.25) is 0 Å². The van der Waals surface area contributed by atoms with Crippen LogP contribution in [0.1, 0.15) is 36.2 Å². The molecule has 8 heteroatoms. The molecule has 2 rings (SSSR count). The van der Waals surface area contributed by atoms with Crippen LogP contribution in [-0.2, 0) is 19.4 Å². The van der Waals surface area contributed by atoms with Crippen LogP contribution in [0.3, 0.4) is 0 Å². The smallest absolute Gasteiger partial charge is 0.339 e. The lowest BCUT2D eigenvalue weighted by Crippen LogP contribution is -2.46. The van der Waals surface area contributed by atoms with Gasteiger partial charge in [-0.1, -0.05) is 6.07 Å². The highest BCUT2D eigenvalue weighted by Crippen LogP contribution is 2.19. The van der Waals surface area contributed by atoms with Crippen molar-refractivity contribution in [3.8, 4) is 0 Å². The Morgan fingerprint density at radius 2 is 2.08 bits per heavy atom. The van der Waals surface area contributed by atoms with Crippen molar-refractivity contribution in [1.82, 2.24) is 4.90 Å². The number of aryl methyl sites for hydroxylation is 1. The third-order valence-electron chi connectivity index (χ3n) is 4.31. The maximum absolute atomic E-state index is 13.6. The van der Waals surface area contributed by atoms with Crippen molar-refractivity contribution < 1.29 is 27.1 Å². The predicted molar refractivity (Wildman–Crippen MR) is 90.5 cm³/mol. The molecule has 0 N–H and O–H groups in total. The van der Waals surface area contributed by atoms with Crippen LogP contribution in [0.4, 0.5) is 4.39 Å². The van der Waals surface area contributed by atoms with Gasteiger partial charge >= 0.3 is 5.97 Å². The van der Waals surface area contributed by atoms with Gasteiger partial charge in [-0.05, 0) is 44.9 Å². The molecule has 1 saturated heterocycles. The molecule has 1 aromatic carbocycles. The van der Waals surface area contributed by atoms with Crippen molar-refractivity contribution in [3.05, 3.63) is 35.1 Å². The topological polar surface area (TPSA) is 80.8 Å². The van der Waals surface area contributed by atoms with Crippen LogP contribution < -0.4 is 0 Å². The minimum Gasteiger partial charge on any atom is -0.449 e. The number of nitrogens with zero attached hydrogens (tertiary/aromatic N) is 1. The average molecular weight is 371 g/mol. The van der Waals surface area contributed by atoms with E-state index in [1.165, 1.54) is 24.0 Å². The van der Waals surface area contributed by atoms with E-state index in [0.717, 1.165) is 6.07 Å². The Kier molecular flexibility index (Phi) is 5.82. The van der Waals surface area contributed by atoms with Gasteiger partial charge in [0.05, 0.1) is 17.1 Å². The number of likely N-dealkylation sites (N-methyl/N-ethyl adjacent to an activating group) is 1. The summed E-state index contributed by atoms with van der Waals surface area (Å²) < 4.78 is 41.9. The number of carbonyl (C=O) groups is 2. The number of hydrogen-bond donors (Lipinski definition) is 0. The molecule has 1 aliphatic heterocycles. The first-order valence-electron chi connectivity index (χ1n) is 8.12. The fourth-order valence-electron chi connectivity index (χ4n) is 2.85. The van der Waals surface area contributed by atoms with E-state index in [-0.39, 0.29) is 17.1 Å². The molecule has 1 aromatic rings. The summed E-state index contributed by atoms with van der Waals surface area (Å²) >= 11 is 0. The molecule has 0 aliphatic carbocycles. The average Bonchev–Trinajstić information content (AvgIpc) is 2.90. The van der Waals surface area contributed by atoms with E-state index in [9.17, 15) is 22.4 Å². The van der Waals surface area contributed by atoms with Gasteiger partial charge in [0.25, 0.3) is 5.91 Å². The molecule has 0 bridgehead atoms. The minimum absolute atomic E-state index is 0.0224. The monoisotopic (exact) mass is 371 g/mol. The van der Waals surface area contributed by atoms with Gasteiger partial charge in [0.1, 0.15) is 5.82 Å². The zero-order chi connectivity index (χ0) is 18.8. The normalized spacial score (nSPS) is 20.1. The van der Waals surface area contributed by atoms with E-state index >= 15 is 0 Å². The number of benzene rings is 1. The van der Waals surface area contributed by atoms with E-state index in [1.807, 2.05) is 0 Å². The molecule has 1 heterocycles. The summed E-state index contributed by atoms with van der Waals surface area (Å²) in [5.74, 6) is -1.80. The van der Waals surface area contributed by atoms with Gasteiger partial charge in [-0.3, -0.25) is 4.79 Å². The first-order valence-corrected chi connectivity index (χ1v) is 9.94. The maximum Gasteiger partial charge on any atom is 0.339 e. The number of hydrogen-bond acceptors (Lipinski definition) is 5. The van der Waals surface area contributed by atoms with E-state index in [0.29, 0.717) is 18.5 Å². The summed E-state index contributed by atoms with van der Waals surface area (Å²) in [6.07, 6.45) is -0.703. The molecule has 0 aromatic heterocycles. The number of sulfone groups is 1. The number of ether oxygens (including phenoxy) is 1. The highest BCUT2D eigenvalue weighted by Gasteiger charge is 2.36. The molecule has 138 valence electrons. The van der Waals surface area contributed by atoms with Gasteiger partial charge in [0, 0.05) is 12.6 Å². The molecule has 25 heavy (non-hydrogen) atoms. The third kappa shape index (κ3) is 4.56. The van der Waals surface area contributed by atoms with Crippen LogP contribution in [0.5, 0.6) is 0 Å². The SMILES string of the molecule is CCN(C(=O)[C@@H](C)OC(=O)c1ccc(C)c(F)c1)[C@@H]1CCS(=O)(=O)C1. The first kappa shape index (κ1) is 19.4. The van der Waals surface area contributed by atoms with Gasteiger partial charge in [0.15, 0.2) is 15.9 Å². The van der Waals surface area contributed by atoms with Crippen LogP contribution in [0.2, 0.25) is 0 Å². The fraction of sp³-hybridized carbons (Fsp3) is 0.529. The molecule has 0 saturated carbocycles. The number of rotatable bonds is 5. The Morgan fingerprint density at radius 1 is 1.40 bits per heavy atom. The van der Waals surface area contributed by atoms with E-state index in [2.05, 4.69) is 0 Å². The molecule has 1 amide bonds. The standard InChI is InChI=1S/C17H22FNO5S/c1-4-19(14-7-8-25(22,23)10-14)16(20)12(3)24-17(21)13-6-5-11(2)15(18)9-13/h5-6,9,12,14H,4,7-8,10H2,1-3H3/t12-,14-/m1/s1. The number of amides is 1. The minimum atomic E-state index is -3.13. The van der Waals surface area contributed by atoms with Crippen molar-refractivity contribution in [3.63, 3.8) is 0 Å². The van der Waals surface area contributed by atoms with Crippen LogP contribution in [0.25, 0.3) is 0 Å². The largest absolute Gasteiger partial charge is 0.449 e. The molecular formula is C17H22FNO5S. The lowest BCUT2D eigenvalue weighted by atomic mass is 10.1.